The maximum absolute atomic E-state index is 12.3. The van der Waals surface area contributed by atoms with Crippen molar-refractivity contribution in [3.05, 3.63) is 52.2 Å². The molecular weight excluding hydrogens is 322 g/mol. The lowest BCUT2D eigenvalue weighted by molar-refractivity contribution is -0.111. The Kier molecular flexibility index (Phi) is 4.77. The summed E-state index contributed by atoms with van der Waals surface area (Å²) < 4.78 is 24.6. The molecule has 0 fully saturated rings. The van der Waals surface area contributed by atoms with Crippen molar-refractivity contribution in [3.8, 4) is 0 Å². The first-order valence-electron chi connectivity index (χ1n) is 6.45. The Morgan fingerprint density at radius 3 is 2.41 bits per heavy atom. The van der Waals surface area contributed by atoms with E-state index >= 15 is 0 Å². The van der Waals surface area contributed by atoms with E-state index in [-0.39, 0.29) is 27.8 Å². The molecule has 2 aromatic rings. The number of hydrogen-bond acceptors (Lipinski definition) is 6. The Morgan fingerprint density at radius 1 is 1.23 bits per heavy atom. The van der Waals surface area contributed by atoms with Crippen LogP contribution in [-0.2, 0) is 20.4 Å². The predicted molar refractivity (Wildman–Crippen MR) is 85.3 cm³/mol. The summed E-state index contributed by atoms with van der Waals surface area (Å²) in [5.74, 6) is -0.629. The third kappa shape index (κ3) is 3.61. The molecule has 7 heteroatoms. The first-order chi connectivity index (χ1) is 10.3. The maximum Gasteiger partial charge on any atom is 0.183 e. The summed E-state index contributed by atoms with van der Waals surface area (Å²) in [5, 5.41) is 9.89. The minimum Gasteiger partial charge on any atom is -0.512 e. The highest BCUT2D eigenvalue weighted by Crippen LogP contribution is 2.26. The summed E-state index contributed by atoms with van der Waals surface area (Å²) in [5.41, 5.74) is 0.119. The number of aliphatic hydroxyl groups is 1. The number of nitrogens with zero attached hydrogens (tertiary/aromatic N) is 1. The van der Waals surface area contributed by atoms with Crippen LogP contribution in [0, 0.1) is 0 Å². The minimum absolute atomic E-state index is 0.119. The Balaban J connectivity index is 2.31. The molecule has 0 bridgehead atoms. The lowest BCUT2D eigenvalue weighted by atomic mass is 10.2. The topological polar surface area (TPSA) is 84.3 Å². The van der Waals surface area contributed by atoms with Crippen LogP contribution in [-0.4, -0.2) is 24.3 Å². The number of hydrogen-bond donors (Lipinski definition) is 1. The fourth-order valence-corrected chi connectivity index (χ4v) is 4.69. The number of Topliss-reactive ketones (excluding diaryl/α,β-unsaturated/α-hetero) is 1. The largest absolute Gasteiger partial charge is 0.512 e. The number of carbonyl (C=O) groups is 1. The lowest BCUT2D eigenvalue weighted by Crippen LogP contribution is -2.03. The van der Waals surface area contributed by atoms with E-state index in [0.29, 0.717) is 9.88 Å². The number of thiazole rings is 1. The van der Waals surface area contributed by atoms with Gasteiger partial charge in [0.1, 0.15) is 10.8 Å². The first-order valence-corrected chi connectivity index (χ1v) is 8.92. The van der Waals surface area contributed by atoms with E-state index < -0.39 is 9.84 Å². The van der Waals surface area contributed by atoms with Gasteiger partial charge in [0.15, 0.2) is 15.6 Å². The Hall–Kier alpha value is -1.99. The zero-order valence-corrected chi connectivity index (χ0v) is 13.7. The number of ketones is 1. The van der Waals surface area contributed by atoms with Gasteiger partial charge in [-0.25, -0.2) is 13.4 Å². The van der Waals surface area contributed by atoms with Crippen molar-refractivity contribution in [2.75, 3.05) is 0 Å². The van der Waals surface area contributed by atoms with Crippen molar-refractivity contribution < 1.29 is 18.3 Å². The van der Waals surface area contributed by atoms with E-state index in [0.717, 1.165) is 11.3 Å². The maximum atomic E-state index is 12.3. The molecule has 0 unspecified atom stereocenters. The average Bonchev–Trinajstić information content (AvgIpc) is 2.86. The smallest absolute Gasteiger partial charge is 0.183 e. The van der Waals surface area contributed by atoms with Gasteiger partial charge in [-0.3, -0.25) is 4.79 Å². The molecule has 0 amide bonds. The van der Waals surface area contributed by atoms with Gasteiger partial charge in [-0.05, 0) is 26.0 Å². The summed E-state index contributed by atoms with van der Waals surface area (Å²) in [6.07, 6.45) is 1.42. The molecule has 0 spiro atoms. The molecule has 5 nitrogen and oxygen atoms in total. The molecule has 2 rings (SSSR count). The molecule has 1 aromatic heterocycles. The van der Waals surface area contributed by atoms with E-state index in [1.165, 1.54) is 32.2 Å². The third-order valence-corrected chi connectivity index (χ3v) is 5.79. The monoisotopic (exact) mass is 337 g/mol. The van der Waals surface area contributed by atoms with Gasteiger partial charge in [0.25, 0.3) is 0 Å². The van der Waals surface area contributed by atoms with Crippen molar-refractivity contribution in [3.63, 3.8) is 0 Å². The second-order valence-corrected chi connectivity index (χ2v) is 7.83. The lowest BCUT2D eigenvalue weighted by Gasteiger charge is -2.02. The second-order valence-electron chi connectivity index (χ2n) is 4.72. The van der Waals surface area contributed by atoms with Crippen LogP contribution in [0.5, 0.6) is 0 Å². The number of allylic oxidation sites excluding steroid dienone is 2. The van der Waals surface area contributed by atoms with Crippen molar-refractivity contribution in [2.45, 2.75) is 24.5 Å². The van der Waals surface area contributed by atoms with Crippen LogP contribution in [0.2, 0.25) is 0 Å². The van der Waals surface area contributed by atoms with Crippen LogP contribution < -0.4 is 0 Å². The Morgan fingerprint density at radius 2 is 1.86 bits per heavy atom. The number of aromatic nitrogens is 1. The molecule has 1 heterocycles. The number of benzene rings is 1. The fraction of sp³-hybridized carbons (Fsp3) is 0.200. The fourth-order valence-electron chi connectivity index (χ4n) is 1.95. The van der Waals surface area contributed by atoms with Gasteiger partial charge in [0.05, 0.1) is 16.2 Å². The summed E-state index contributed by atoms with van der Waals surface area (Å²) in [6, 6.07) is 8.15. The van der Waals surface area contributed by atoms with Gasteiger partial charge in [0, 0.05) is 11.1 Å². The van der Waals surface area contributed by atoms with Gasteiger partial charge in [-0.2, -0.15) is 0 Å². The Labute approximate surface area is 132 Å². The van der Waals surface area contributed by atoms with Crippen LogP contribution in [0.4, 0.5) is 0 Å². The van der Waals surface area contributed by atoms with Crippen LogP contribution in [0.1, 0.15) is 23.7 Å². The van der Waals surface area contributed by atoms with Crippen LogP contribution in [0.25, 0.3) is 5.57 Å². The zero-order chi connectivity index (χ0) is 16.3. The summed E-state index contributed by atoms with van der Waals surface area (Å²) in [4.78, 5) is 16.3. The zero-order valence-electron chi connectivity index (χ0n) is 12.1. The molecular formula is C15H15NO4S2. The molecule has 0 saturated heterocycles. The molecule has 0 atom stereocenters. The number of carbonyl (C=O) groups excluding carboxylic acids is 1. The normalized spacial score (nSPS) is 12.8. The molecule has 0 aliphatic carbocycles. The SMILES string of the molecule is CC(=O)/C(=C(\C)O)c1ncc(CS(=O)(=O)c2ccccc2)s1. The van der Waals surface area contributed by atoms with Gasteiger partial charge in [-0.15, -0.1) is 11.3 Å². The second kappa shape index (κ2) is 6.41. The molecule has 1 aromatic carbocycles. The first kappa shape index (κ1) is 16.4. The summed E-state index contributed by atoms with van der Waals surface area (Å²) in [7, 11) is -3.46. The summed E-state index contributed by atoms with van der Waals surface area (Å²) in [6.45, 7) is 2.73. The summed E-state index contributed by atoms with van der Waals surface area (Å²) >= 11 is 1.09. The van der Waals surface area contributed by atoms with E-state index in [1.807, 2.05) is 0 Å². The quantitative estimate of drug-likeness (QED) is 0.670. The molecule has 0 saturated carbocycles. The van der Waals surface area contributed by atoms with Crippen LogP contribution in [0.3, 0.4) is 0 Å². The van der Waals surface area contributed by atoms with Crippen molar-refractivity contribution in [1.29, 1.82) is 0 Å². The van der Waals surface area contributed by atoms with Crippen molar-refractivity contribution >= 4 is 32.5 Å². The van der Waals surface area contributed by atoms with E-state index in [4.69, 9.17) is 0 Å². The van der Waals surface area contributed by atoms with E-state index in [2.05, 4.69) is 4.98 Å². The van der Waals surface area contributed by atoms with Crippen LogP contribution >= 0.6 is 11.3 Å². The molecule has 116 valence electrons. The molecule has 0 aliphatic rings. The van der Waals surface area contributed by atoms with Crippen molar-refractivity contribution in [2.24, 2.45) is 0 Å². The molecule has 0 aliphatic heterocycles. The average molecular weight is 337 g/mol. The van der Waals surface area contributed by atoms with Gasteiger partial charge in [-0.1, -0.05) is 18.2 Å². The standard InChI is InChI=1S/C15H15NO4S2/c1-10(17)14(11(2)18)15-16-8-12(21-15)9-22(19,20)13-6-4-3-5-7-13/h3-8,17H,9H2,1-2H3/b14-10-. The molecule has 22 heavy (non-hydrogen) atoms. The number of aliphatic hydroxyl groups excluding tert-OH is 1. The number of sulfone groups is 1. The van der Waals surface area contributed by atoms with Gasteiger partial charge < -0.3 is 5.11 Å². The molecule has 1 N–H and O–H groups in total. The van der Waals surface area contributed by atoms with Crippen LogP contribution in [0.15, 0.2) is 47.2 Å². The third-order valence-electron chi connectivity index (χ3n) is 2.92. The van der Waals surface area contributed by atoms with Gasteiger partial charge >= 0.3 is 0 Å². The predicted octanol–water partition coefficient (Wildman–Crippen LogP) is 3.00. The highest BCUT2D eigenvalue weighted by atomic mass is 32.2. The Bertz CT molecular complexity index is 816. The van der Waals surface area contributed by atoms with Gasteiger partial charge in [0.2, 0.25) is 0 Å². The number of rotatable bonds is 5. The van der Waals surface area contributed by atoms with E-state index in [9.17, 15) is 18.3 Å². The highest BCUT2D eigenvalue weighted by molar-refractivity contribution is 7.90. The van der Waals surface area contributed by atoms with Crippen molar-refractivity contribution in [1.82, 2.24) is 4.98 Å². The van der Waals surface area contributed by atoms with E-state index in [1.54, 1.807) is 18.2 Å². The molecule has 0 radical (unpaired) electrons. The minimum atomic E-state index is -3.46. The highest BCUT2D eigenvalue weighted by Gasteiger charge is 2.20.